The molecule has 21 heavy (non-hydrogen) atoms. The molecule has 7 heteroatoms. The van der Waals surface area contributed by atoms with Crippen LogP contribution in [0.2, 0.25) is 0 Å². The van der Waals surface area contributed by atoms with Crippen molar-refractivity contribution in [2.75, 3.05) is 19.8 Å². The minimum absolute atomic E-state index is 0.134. The quantitative estimate of drug-likeness (QED) is 0.729. The van der Waals surface area contributed by atoms with Crippen LogP contribution in [0.5, 0.6) is 0 Å². The molecule has 0 saturated carbocycles. The lowest BCUT2D eigenvalue weighted by atomic mass is 10.2. The summed E-state index contributed by atoms with van der Waals surface area (Å²) < 4.78 is 18.6. The fraction of sp³-hybridized carbons (Fsp3) is 0.714. The van der Waals surface area contributed by atoms with Gasteiger partial charge in [0.2, 0.25) is 0 Å². The van der Waals surface area contributed by atoms with Gasteiger partial charge in [0, 0.05) is 6.61 Å². The lowest BCUT2D eigenvalue weighted by Crippen LogP contribution is -2.25. The molecule has 2 heterocycles. The molecule has 0 spiro atoms. The summed E-state index contributed by atoms with van der Waals surface area (Å²) >= 11 is 3.39. The largest absolute Gasteiger partial charge is 0.461 e. The van der Waals surface area contributed by atoms with Gasteiger partial charge >= 0.3 is 5.97 Å². The van der Waals surface area contributed by atoms with E-state index in [2.05, 4.69) is 21.0 Å². The number of esters is 1. The Bertz CT molecular complexity index is 484. The van der Waals surface area contributed by atoms with Gasteiger partial charge in [-0.15, -0.1) is 0 Å². The Labute approximate surface area is 132 Å². The summed E-state index contributed by atoms with van der Waals surface area (Å²) in [5.41, 5.74) is 1.19. The summed E-state index contributed by atoms with van der Waals surface area (Å²) in [6.45, 7) is 5.65. The molecule has 1 aliphatic rings. The Morgan fingerprint density at radius 1 is 1.52 bits per heavy atom. The van der Waals surface area contributed by atoms with Gasteiger partial charge < -0.3 is 14.2 Å². The predicted octanol–water partition coefficient (Wildman–Crippen LogP) is 2.67. The van der Waals surface area contributed by atoms with Crippen molar-refractivity contribution in [1.82, 2.24) is 9.78 Å². The molecule has 0 aromatic carbocycles. The number of carbonyl (C=O) groups is 1. The van der Waals surface area contributed by atoms with Gasteiger partial charge in [-0.3, -0.25) is 4.68 Å². The molecule has 1 aromatic rings. The molecule has 1 unspecified atom stereocenters. The van der Waals surface area contributed by atoms with E-state index in [1.807, 2.05) is 6.92 Å². The van der Waals surface area contributed by atoms with Gasteiger partial charge in [0.25, 0.3) is 0 Å². The van der Waals surface area contributed by atoms with Crippen molar-refractivity contribution in [3.63, 3.8) is 0 Å². The molecular weight excluding hydrogens is 340 g/mol. The number of nitrogens with zero attached hydrogens (tertiary/aromatic N) is 2. The molecule has 0 aliphatic carbocycles. The summed E-state index contributed by atoms with van der Waals surface area (Å²) in [6, 6.07) is 0. The summed E-state index contributed by atoms with van der Waals surface area (Å²) in [6.07, 6.45) is 3.01. The highest BCUT2D eigenvalue weighted by atomic mass is 79.9. The first-order valence-electron chi connectivity index (χ1n) is 7.26. The Morgan fingerprint density at radius 3 is 3.00 bits per heavy atom. The summed E-state index contributed by atoms with van der Waals surface area (Å²) in [5, 5.41) is 4.34. The Balaban J connectivity index is 1.95. The molecule has 1 atom stereocenters. The van der Waals surface area contributed by atoms with Crippen LogP contribution in [0.25, 0.3) is 0 Å². The standard InChI is InChI=1S/C14H21BrN2O4/c1-3-19-14(18)13-12(15)10(2)16-17(13)7-9-21-11-6-4-5-8-20-11/h11H,3-9H2,1-2H3. The van der Waals surface area contributed by atoms with E-state index in [1.165, 1.54) is 0 Å². The maximum Gasteiger partial charge on any atom is 0.357 e. The minimum atomic E-state index is -0.376. The molecular formula is C14H21BrN2O4. The van der Waals surface area contributed by atoms with Crippen LogP contribution in [0, 0.1) is 6.92 Å². The third-order valence-corrected chi connectivity index (χ3v) is 4.22. The molecule has 6 nitrogen and oxygen atoms in total. The van der Waals surface area contributed by atoms with E-state index < -0.39 is 0 Å². The number of hydrogen-bond donors (Lipinski definition) is 0. The fourth-order valence-electron chi connectivity index (χ4n) is 2.23. The molecule has 0 amide bonds. The Hall–Kier alpha value is -0.920. The third-order valence-electron chi connectivity index (χ3n) is 3.27. The summed E-state index contributed by atoms with van der Waals surface area (Å²) in [5.74, 6) is -0.376. The van der Waals surface area contributed by atoms with E-state index in [0.717, 1.165) is 31.6 Å². The first-order valence-corrected chi connectivity index (χ1v) is 8.06. The molecule has 1 aromatic heterocycles. The van der Waals surface area contributed by atoms with Crippen LogP contribution in [-0.4, -0.2) is 41.9 Å². The van der Waals surface area contributed by atoms with E-state index in [-0.39, 0.29) is 12.3 Å². The van der Waals surface area contributed by atoms with Crippen LogP contribution in [-0.2, 0) is 20.8 Å². The highest BCUT2D eigenvalue weighted by Gasteiger charge is 2.21. The molecule has 1 fully saturated rings. The molecule has 1 aliphatic heterocycles. The number of aryl methyl sites for hydroxylation is 1. The first-order chi connectivity index (χ1) is 10.1. The monoisotopic (exact) mass is 360 g/mol. The zero-order valence-electron chi connectivity index (χ0n) is 12.4. The van der Waals surface area contributed by atoms with E-state index in [1.54, 1.807) is 11.6 Å². The van der Waals surface area contributed by atoms with Crippen molar-refractivity contribution >= 4 is 21.9 Å². The van der Waals surface area contributed by atoms with Crippen molar-refractivity contribution in [2.45, 2.75) is 45.9 Å². The number of aromatic nitrogens is 2. The highest BCUT2D eigenvalue weighted by molar-refractivity contribution is 9.10. The third kappa shape index (κ3) is 4.28. The number of carbonyl (C=O) groups excluding carboxylic acids is 1. The average Bonchev–Trinajstić information content (AvgIpc) is 2.75. The van der Waals surface area contributed by atoms with Crippen molar-refractivity contribution in [1.29, 1.82) is 0 Å². The normalized spacial score (nSPS) is 18.7. The Kier molecular flexibility index (Phi) is 6.20. The second kappa shape index (κ2) is 7.91. The van der Waals surface area contributed by atoms with E-state index in [0.29, 0.717) is 29.9 Å². The van der Waals surface area contributed by atoms with E-state index in [4.69, 9.17) is 14.2 Å². The van der Waals surface area contributed by atoms with Gasteiger partial charge in [0.1, 0.15) is 0 Å². The fourth-order valence-corrected chi connectivity index (χ4v) is 2.67. The Morgan fingerprint density at radius 2 is 2.33 bits per heavy atom. The molecule has 0 N–H and O–H groups in total. The number of halogens is 1. The lowest BCUT2D eigenvalue weighted by Gasteiger charge is -2.22. The number of rotatable bonds is 6. The van der Waals surface area contributed by atoms with E-state index >= 15 is 0 Å². The van der Waals surface area contributed by atoms with Crippen LogP contribution in [0.3, 0.4) is 0 Å². The average molecular weight is 361 g/mol. The predicted molar refractivity (Wildman–Crippen MR) is 80.2 cm³/mol. The van der Waals surface area contributed by atoms with Gasteiger partial charge in [0.15, 0.2) is 12.0 Å². The molecule has 0 radical (unpaired) electrons. The van der Waals surface area contributed by atoms with Crippen LogP contribution in [0.1, 0.15) is 42.4 Å². The summed E-state index contributed by atoms with van der Waals surface area (Å²) in [4.78, 5) is 12.0. The van der Waals surface area contributed by atoms with Crippen molar-refractivity contribution in [3.8, 4) is 0 Å². The molecule has 0 bridgehead atoms. The van der Waals surface area contributed by atoms with Gasteiger partial charge in [-0.05, 0) is 49.0 Å². The van der Waals surface area contributed by atoms with Crippen LogP contribution in [0.15, 0.2) is 4.47 Å². The van der Waals surface area contributed by atoms with Crippen molar-refractivity contribution in [3.05, 3.63) is 15.9 Å². The minimum Gasteiger partial charge on any atom is -0.461 e. The van der Waals surface area contributed by atoms with Crippen molar-refractivity contribution < 1.29 is 19.0 Å². The van der Waals surface area contributed by atoms with Gasteiger partial charge in [-0.1, -0.05) is 0 Å². The van der Waals surface area contributed by atoms with Crippen LogP contribution < -0.4 is 0 Å². The van der Waals surface area contributed by atoms with Crippen molar-refractivity contribution in [2.24, 2.45) is 0 Å². The molecule has 118 valence electrons. The highest BCUT2D eigenvalue weighted by Crippen LogP contribution is 2.22. The van der Waals surface area contributed by atoms with Crippen LogP contribution in [0.4, 0.5) is 0 Å². The maximum atomic E-state index is 12.0. The summed E-state index contributed by atoms with van der Waals surface area (Å²) in [7, 11) is 0. The zero-order valence-corrected chi connectivity index (χ0v) is 14.0. The topological polar surface area (TPSA) is 62.6 Å². The van der Waals surface area contributed by atoms with Gasteiger partial charge in [-0.25, -0.2) is 4.79 Å². The second-order valence-corrected chi connectivity index (χ2v) is 5.65. The zero-order chi connectivity index (χ0) is 15.2. The maximum absolute atomic E-state index is 12.0. The second-order valence-electron chi connectivity index (χ2n) is 4.86. The molecule has 2 rings (SSSR count). The molecule has 1 saturated heterocycles. The van der Waals surface area contributed by atoms with Crippen LogP contribution >= 0.6 is 15.9 Å². The van der Waals surface area contributed by atoms with Gasteiger partial charge in [0.05, 0.1) is 29.9 Å². The first kappa shape index (κ1) is 16.5. The lowest BCUT2D eigenvalue weighted by molar-refractivity contribution is -0.163. The van der Waals surface area contributed by atoms with E-state index in [9.17, 15) is 4.79 Å². The number of ether oxygens (including phenoxy) is 3. The SMILES string of the molecule is CCOC(=O)c1c(Br)c(C)nn1CCOC1CCCCO1. The number of hydrogen-bond acceptors (Lipinski definition) is 5. The van der Waals surface area contributed by atoms with Gasteiger partial charge in [-0.2, -0.15) is 5.10 Å². The smallest absolute Gasteiger partial charge is 0.357 e.